The molecule has 0 fully saturated rings. The normalized spacial score (nSPS) is 12.7. The zero-order chi connectivity index (χ0) is 20.2. The van der Waals surface area contributed by atoms with E-state index in [9.17, 15) is 14.7 Å². The SMILES string of the molecule is CC(C)Oc1ccc2ccccc2c1CC(NC(=O)OC(C)(C)C)C(=O)O. The summed E-state index contributed by atoms with van der Waals surface area (Å²) in [5, 5.41) is 13.9. The Balaban J connectivity index is 2.37. The predicted octanol–water partition coefficient (Wildman–Crippen LogP) is 4.15. The standard InChI is InChI=1S/C21H27NO5/c1-13(2)26-18-11-10-14-8-6-7-9-15(14)16(18)12-17(19(23)24)22-20(25)27-21(3,4)5/h6-11,13,17H,12H2,1-5H3,(H,22,25)(H,23,24). The van der Waals surface area contributed by atoms with E-state index in [1.165, 1.54) is 0 Å². The molecule has 146 valence electrons. The van der Waals surface area contributed by atoms with E-state index in [0.29, 0.717) is 5.75 Å². The lowest BCUT2D eigenvalue weighted by atomic mass is 9.97. The third kappa shape index (κ3) is 5.88. The van der Waals surface area contributed by atoms with Crippen molar-refractivity contribution in [2.45, 2.75) is 58.8 Å². The van der Waals surface area contributed by atoms with Crippen LogP contribution in [0.4, 0.5) is 4.79 Å². The number of fused-ring (bicyclic) bond motifs is 1. The highest BCUT2D eigenvalue weighted by Gasteiger charge is 2.26. The highest BCUT2D eigenvalue weighted by atomic mass is 16.6. The Bertz CT molecular complexity index is 823. The van der Waals surface area contributed by atoms with Gasteiger partial charge in [-0.3, -0.25) is 0 Å². The predicted molar refractivity (Wildman–Crippen MR) is 104 cm³/mol. The van der Waals surface area contributed by atoms with Crippen molar-refractivity contribution in [1.82, 2.24) is 5.32 Å². The van der Waals surface area contributed by atoms with Gasteiger partial charge in [0.1, 0.15) is 17.4 Å². The summed E-state index contributed by atoms with van der Waals surface area (Å²) >= 11 is 0. The molecule has 1 unspecified atom stereocenters. The van der Waals surface area contributed by atoms with Gasteiger partial charge in [0.15, 0.2) is 0 Å². The van der Waals surface area contributed by atoms with Crippen molar-refractivity contribution in [3.05, 3.63) is 42.0 Å². The highest BCUT2D eigenvalue weighted by molar-refractivity contribution is 5.89. The summed E-state index contributed by atoms with van der Waals surface area (Å²) in [6.07, 6.45) is -0.744. The first-order chi connectivity index (χ1) is 12.6. The number of nitrogens with one attached hydrogen (secondary N) is 1. The number of ether oxygens (including phenoxy) is 2. The van der Waals surface area contributed by atoms with E-state index in [-0.39, 0.29) is 12.5 Å². The first-order valence-corrected chi connectivity index (χ1v) is 8.96. The molecule has 0 heterocycles. The van der Waals surface area contributed by atoms with E-state index >= 15 is 0 Å². The molecule has 1 amide bonds. The molecule has 1 atom stereocenters. The van der Waals surface area contributed by atoms with Gasteiger partial charge in [0.2, 0.25) is 0 Å². The highest BCUT2D eigenvalue weighted by Crippen LogP contribution is 2.30. The Morgan fingerprint density at radius 3 is 2.37 bits per heavy atom. The second-order valence-corrected chi connectivity index (χ2v) is 7.67. The smallest absolute Gasteiger partial charge is 0.408 e. The first kappa shape index (κ1) is 20.6. The van der Waals surface area contributed by atoms with Crippen LogP contribution < -0.4 is 10.1 Å². The van der Waals surface area contributed by atoms with Crippen molar-refractivity contribution in [2.24, 2.45) is 0 Å². The fraction of sp³-hybridized carbons (Fsp3) is 0.429. The molecule has 0 spiro atoms. The van der Waals surface area contributed by atoms with Crippen LogP contribution in [-0.4, -0.2) is 34.9 Å². The van der Waals surface area contributed by atoms with Crippen LogP contribution in [-0.2, 0) is 16.0 Å². The number of alkyl carbamates (subject to hydrolysis) is 1. The fourth-order valence-corrected chi connectivity index (χ4v) is 2.74. The molecule has 2 aromatic rings. The fourth-order valence-electron chi connectivity index (χ4n) is 2.74. The van der Waals surface area contributed by atoms with Crippen LogP contribution in [0.2, 0.25) is 0 Å². The van der Waals surface area contributed by atoms with Crippen molar-refractivity contribution in [3.8, 4) is 5.75 Å². The van der Waals surface area contributed by atoms with Crippen molar-refractivity contribution in [1.29, 1.82) is 0 Å². The van der Waals surface area contributed by atoms with Gasteiger partial charge in [-0.2, -0.15) is 0 Å². The average molecular weight is 373 g/mol. The largest absolute Gasteiger partial charge is 0.491 e. The van der Waals surface area contributed by atoms with Crippen molar-refractivity contribution in [2.75, 3.05) is 0 Å². The number of carboxylic acid groups (broad SMARTS) is 1. The van der Waals surface area contributed by atoms with Crippen molar-refractivity contribution in [3.63, 3.8) is 0 Å². The van der Waals surface area contributed by atoms with Gasteiger partial charge < -0.3 is 19.9 Å². The van der Waals surface area contributed by atoms with Gasteiger partial charge in [0.05, 0.1) is 6.10 Å². The van der Waals surface area contributed by atoms with Crippen LogP contribution in [0.5, 0.6) is 5.75 Å². The minimum atomic E-state index is -1.14. The molecule has 0 aliphatic heterocycles. The molecular weight excluding hydrogens is 346 g/mol. The third-order valence-electron chi connectivity index (χ3n) is 3.76. The number of amides is 1. The van der Waals surface area contributed by atoms with Gasteiger partial charge in [0.25, 0.3) is 0 Å². The molecule has 0 radical (unpaired) electrons. The van der Waals surface area contributed by atoms with E-state index in [0.717, 1.165) is 16.3 Å². The Morgan fingerprint density at radius 2 is 1.78 bits per heavy atom. The summed E-state index contributed by atoms with van der Waals surface area (Å²) in [6, 6.07) is 10.3. The van der Waals surface area contributed by atoms with E-state index in [2.05, 4.69) is 5.32 Å². The van der Waals surface area contributed by atoms with Gasteiger partial charge in [-0.1, -0.05) is 30.3 Å². The maximum atomic E-state index is 12.1. The number of carbonyl (C=O) groups is 2. The molecule has 2 aromatic carbocycles. The lowest BCUT2D eigenvalue weighted by Crippen LogP contribution is -2.44. The molecular formula is C21H27NO5. The van der Waals surface area contributed by atoms with Crippen LogP contribution in [0.1, 0.15) is 40.2 Å². The maximum Gasteiger partial charge on any atom is 0.408 e. The van der Waals surface area contributed by atoms with Crippen LogP contribution >= 0.6 is 0 Å². The summed E-state index contributed by atoms with van der Waals surface area (Å²) in [5.41, 5.74) is 0.0312. The Morgan fingerprint density at radius 1 is 1.11 bits per heavy atom. The summed E-state index contributed by atoms with van der Waals surface area (Å²) in [5.74, 6) is -0.523. The van der Waals surface area contributed by atoms with Crippen molar-refractivity contribution >= 4 is 22.8 Å². The van der Waals surface area contributed by atoms with Gasteiger partial charge in [-0.05, 0) is 51.5 Å². The van der Waals surface area contributed by atoms with Gasteiger partial charge in [-0.15, -0.1) is 0 Å². The Hall–Kier alpha value is -2.76. The third-order valence-corrected chi connectivity index (χ3v) is 3.76. The number of carboxylic acids is 1. The minimum absolute atomic E-state index is 0.0630. The van der Waals surface area contributed by atoms with Gasteiger partial charge in [-0.25, -0.2) is 9.59 Å². The summed E-state index contributed by atoms with van der Waals surface area (Å²) in [6.45, 7) is 8.99. The van der Waals surface area contributed by atoms with Gasteiger partial charge >= 0.3 is 12.1 Å². The minimum Gasteiger partial charge on any atom is -0.491 e. The molecule has 0 saturated heterocycles. The molecule has 0 aromatic heterocycles. The van der Waals surface area contributed by atoms with E-state index in [4.69, 9.17) is 9.47 Å². The number of hydrogen-bond donors (Lipinski definition) is 2. The quantitative estimate of drug-likeness (QED) is 0.795. The van der Waals surface area contributed by atoms with E-state index in [1.54, 1.807) is 20.8 Å². The number of benzene rings is 2. The maximum absolute atomic E-state index is 12.1. The Labute approximate surface area is 159 Å². The number of hydrogen-bond acceptors (Lipinski definition) is 4. The van der Waals surface area contributed by atoms with Crippen LogP contribution in [0.25, 0.3) is 10.8 Å². The second kappa shape index (κ2) is 8.29. The molecule has 6 nitrogen and oxygen atoms in total. The number of rotatable bonds is 6. The lowest BCUT2D eigenvalue weighted by Gasteiger charge is -2.23. The van der Waals surface area contributed by atoms with Crippen LogP contribution in [0.3, 0.4) is 0 Å². The summed E-state index contributed by atoms with van der Waals surface area (Å²) in [4.78, 5) is 23.8. The molecule has 2 N–H and O–H groups in total. The summed E-state index contributed by atoms with van der Waals surface area (Å²) in [7, 11) is 0. The number of carbonyl (C=O) groups excluding carboxylic acids is 1. The van der Waals surface area contributed by atoms with Crippen molar-refractivity contribution < 1.29 is 24.2 Å². The first-order valence-electron chi connectivity index (χ1n) is 8.96. The molecule has 2 rings (SSSR count). The number of aliphatic carboxylic acids is 1. The van der Waals surface area contributed by atoms with Crippen LogP contribution in [0, 0.1) is 0 Å². The zero-order valence-electron chi connectivity index (χ0n) is 16.4. The molecule has 0 aliphatic rings. The molecule has 0 aliphatic carbocycles. The molecule has 0 bridgehead atoms. The lowest BCUT2D eigenvalue weighted by molar-refractivity contribution is -0.139. The molecule has 6 heteroatoms. The second-order valence-electron chi connectivity index (χ2n) is 7.67. The molecule has 0 saturated carbocycles. The average Bonchev–Trinajstić information content (AvgIpc) is 2.53. The van der Waals surface area contributed by atoms with E-state index < -0.39 is 23.7 Å². The van der Waals surface area contributed by atoms with Gasteiger partial charge in [0, 0.05) is 12.0 Å². The monoisotopic (exact) mass is 373 g/mol. The summed E-state index contributed by atoms with van der Waals surface area (Å²) < 4.78 is 11.1. The topological polar surface area (TPSA) is 84.9 Å². The van der Waals surface area contributed by atoms with E-state index in [1.807, 2.05) is 50.2 Å². The molecule has 27 heavy (non-hydrogen) atoms. The Kier molecular flexibility index (Phi) is 6.31. The van der Waals surface area contributed by atoms with Crippen LogP contribution in [0.15, 0.2) is 36.4 Å². The zero-order valence-corrected chi connectivity index (χ0v) is 16.4.